The Bertz CT molecular complexity index is 1290. The normalized spacial score (nSPS) is 16.8. The van der Waals surface area contributed by atoms with Crippen molar-refractivity contribution >= 4 is 29.2 Å². The molecule has 3 aromatic rings. The zero-order valence-corrected chi connectivity index (χ0v) is 19.9. The minimum Gasteiger partial charge on any atom is -0.490 e. The van der Waals surface area contributed by atoms with E-state index in [0.717, 1.165) is 22.6 Å². The average Bonchev–Trinajstić information content (AvgIpc) is 3.21. The summed E-state index contributed by atoms with van der Waals surface area (Å²) in [4.78, 5) is 23.3. The van der Waals surface area contributed by atoms with Gasteiger partial charge in [-0.1, -0.05) is 12.1 Å². The SMILES string of the molecule is COC(=O)C(=O)c1ccc(OC/C=C/C2=Cc3ccccc3[N+]2(c2ccc(F)cc2)C(C)C)cc1. The second kappa shape index (κ2) is 10.1. The molecule has 0 N–H and O–H groups in total. The van der Waals surface area contributed by atoms with Crippen LogP contribution in [0, 0.1) is 5.82 Å². The summed E-state index contributed by atoms with van der Waals surface area (Å²) < 4.78 is 24.5. The van der Waals surface area contributed by atoms with Crippen molar-refractivity contribution in [3.05, 3.63) is 108 Å². The Morgan fingerprint density at radius 2 is 1.66 bits per heavy atom. The number of quaternary nitrogens is 1. The number of Topliss-reactive ketones (excluding diaryl/α,β-unsaturated/α-hetero) is 1. The minimum atomic E-state index is -0.902. The number of esters is 1. The van der Waals surface area contributed by atoms with E-state index in [9.17, 15) is 14.0 Å². The smallest absolute Gasteiger partial charge is 0.379 e. The Morgan fingerprint density at radius 1 is 0.971 bits per heavy atom. The molecule has 0 aliphatic carbocycles. The van der Waals surface area contributed by atoms with Crippen LogP contribution >= 0.6 is 0 Å². The van der Waals surface area contributed by atoms with Crippen molar-refractivity contribution in [2.24, 2.45) is 0 Å². The standard InChI is InChI=1S/C29H27FNO4/c1-20(2)31(24-14-12-23(30)13-15-24)25(19-22-7-4-5-9-27(22)31)8-6-18-35-26-16-10-21(11-17-26)28(32)29(33)34-3/h4-17,19-20H,18H2,1-3H3/q+1/b8-6+. The Balaban J connectivity index is 1.56. The number of methoxy groups -OCH3 is 1. The van der Waals surface area contributed by atoms with Gasteiger partial charge < -0.3 is 9.47 Å². The molecule has 0 aromatic heterocycles. The molecule has 0 saturated heterocycles. The number of allylic oxidation sites excluding steroid dienone is 1. The maximum absolute atomic E-state index is 13.7. The van der Waals surface area contributed by atoms with E-state index in [1.54, 1.807) is 12.1 Å². The van der Waals surface area contributed by atoms with Gasteiger partial charge in [0.2, 0.25) is 0 Å². The summed E-state index contributed by atoms with van der Waals surface area (Å²) in [5.74, 6) is -1.30. The first kappa shape index (κ1) is 24.1. The van der Waals surface area contributed by atoms with Gasteiger partial charge in [-0.3, -0.25) is 4.79 Å². The summed E-state index contributed by atoms with van der Waals surface area (Å²) in [6.07, 6.45) is 6.13. The maximum atomic E-state index is 13.7. The fraction of sp³-hybridized carbons (Fsp3) is 0.172. The highest BCUT2D eigenvalue weighted by Crippen LogP contribution is 2.49. The van der Waals surface area contributed by atoms with Crippen LogP contribution in [-0.4, -0.2) is 31.5 Å². The van der Waals surface area contributed by atoms with Crippen LogP contribution in [0.3, 0.4) is 0 Å². The number of hydrogen-bond donors (Lipinski definition) is 0. The van der Waals surface area contributed by atoms with Gasteiger partial charge in [0.1, 0.15) is 29.6 Å². The molecule has 1 aliphatic rings. The highest BCUT2D eigenvalue weighted by Gasteiger charge is 2.45. The lowest BCUT2D eigenvalue weighted by molar-refractivity contribution is -0.135. The van der Waals surface area contributed by atoms with Gasteiger partial charge in [0, 0.05) is 35.4 Å². The van der Waals surface area contributed by atoms with Crippen LogP contribution < -0.4 is 9.22 Å². The summed E-state index contributed by atoms with van der Waals surface area (Å²) in [5, 5.41) is 0. The van der Waals surface area contributed by atoms with E-state index in [0.29, 0.717) is 16.8 Å². The molecular weight excluding hydrogens is 445 g/mol. The fourth-order valence-corrected chi connectivity index (χ4v) is 4.56. The van der Waals surface area contributed by atoms with Crippen LogP contribution in [0.15, 0.2) is 90.6 Å². The number of benzene rings is 3. The van der Waals surface area contributed by atoms with Crippen molar-refractivity contribution in [3.8, 4) is 5.75 Å². The Labute approximate surface area is 204 Å². The number of rotatable bonds is 8. The summed E-state index contributed by atoms with van der Waals surface area (Å²) >= 11 is 0. The maximum Gasteiger partial charge on any atom is 0.379 e. The summed E-state index contributed by atoms with van der Waals surface area (Å²) in [6, 6.07) is 21.4. The molecule has 178 valence electrons. The lowest BCUT2D eigenvalue weighted by Crippen LogP contribution is -2.47. The molecule has 1 unspecified atom stereocenters. The van der Waals surface area contributed by atoms with Crippen LogP contribution in [0.2, 0.25) is 0 Å². The summed E-state index contributed by atoms with van der Waals surface area (Å²) in [7, 11) is 1.17. The summed E-state index contributed by atoms with van der Waals surface area (Å²) in [6.45, 7) is 4.61. The Kier molecular flexibility index (Phi) is 6.94. The van der Waals surface area contributed by atoms with E-state index >= 15 is 0 Å². The summed E-state index contributed by atoms with van der Waals surface area (Å²) in [5.41, 5.74) is 4.54. The second-order valence-electron chi connectivity index (χ2n) is 8.48. The Hall–Kier alpha value is -4.03. The van der Waals surface area contributed by atoms with Crippen LogP contribution in [0.4, 0.5) is 15.8 Å². The van der Waals surface area contributed by atoms with E-state index < -0.39 is 11.8 Å². The third kappa shape index (κ3) is 4.53. The van der Waals surface area contributed by atoms with Crippen LogP contribution in [0.5, 0.6) is 5.75 Å². The van der Waals surface area contributed by atoms with Gasteiger partial charge in [0.25, 0.3) is 5.78 Å². The van der Waals surface area contributed by atoms with E-state index in [1.807, 2.05) is 36.4 Å². The lowest BCUT2D eigenvalue weighted by atomic mass is 10.1. The first-order valence-electron chi connectivity index (χ1n) is 11.4. The molecule has 6 heteroatoms. The molecule has 0 amide bonds. The molecule has 0 bridgehead atoms. The van der Waals surface area contributed by atoms with Gasteiger partial charge in [0.05, 0.1) is 13.2 Å². The molecule has 0 radical (unpaired) electrons. The first-order valence-corrected chi connectivity index (χ1v) is 11.4. The van der Waals surface area contributed by atoms with Gasteiger partial charge in [-0.05, 0) is 68.5 Å². The van der Waals surface area contributed by atoms with E-state index in [-0.39, 0.29) is 17.4 Å². The first-order chi connectivity index (χ1) is 16.9. The zero-order valence-electron chi connectivity index (χ0n) is 19.9. The lowest BCUT2D eigenvalue weighted by Gasteiger charge is -2.39. The minimum absolute atomic E-state index is 0.154. The Morgan fingerprint density at radius 3 is 2.31 bits per heavy atom. The number of carbonyl (C=O) groups is 2. The van der Waals surface area contributed by atoms with E-state index in [1.165, 1.54) is 31.4 Å². The van der Waals surface area contributed by atoms with Crippen LogP contribution in [-0.2, 0) is 9.53 Å². The van der Waals surface area contributed by atoms with Crippen molar-refractivity contribution in [1.29, 1.82) is 0 Å². The molecule has 5 nitrogen and oxygen atoms in total. The predicted octanol–water partition coefficient (Wildman–Crippen LogP) is 6.22. The van der Waals surface area contributed by atoms with Crippen LogP contribution in [0.25, 0.3) is 6.08 Å². The molecule has 1 atom stereocenters. The number of ketones is 1. The molecular formula is C29H27FNO4+. The zero-order chi connectivity index (χ0) is 25.0. The predicted molar refractivity (Wildman–Crippen MR) is 135 cm³/mol. The third-order valence-electron chi connectivity index (χ3n) is 6.16. The van der Waals surface area contributed by atoms with E-state index in [2.05, 4.69) is 36.8 Å². The average molecular weight is 473 g/mol. The van der Waals surface area contributed by atoms with Gasteiger partial charge in [-0.15, -0.1) is 0 Å². The van der Waals surface area contributed by atoms with Crippen LogP contribution in [0.1, 0.15) is 29.8 Å². The van der Waals surface area contributed by atoms with Gasteiger partial charge in [-0.25, -0.2) is 13.7 Å². The van der Waals surface area contributed by atoms with Crippen molar-refractivity contribution in [2.75, 3.05) is 13.7 Å². The topological polar surface area (TPSA) is 52.6 Å². The molecule has 1 aliphatic heterocycles. The number of hydrogen-bond acceptors (Lipinski definition) is 4. The number of fused-ring (bicyclic) bond motifs is 1. The molecule has 1 heterocycles. The van der Waals surface area contributed by atoms with Gasteiger partial charge in [0.15, 0.2) is 5.69 Å². The van der Waals surface area contributed by atoms with Crippen molar-refractivity contribution in [3.63, 3.8) is 0 Å². The van der Waals surface area contributed by atoms with Gasteiger partial charge in [-0.2, -0.15) is 0 Å². The quantitative estimate of drug-likeness (QED) is 0.169. The van der Waals surface area contributed by atoms with Crippen molar-refractivity contribution in [2.45, 2.75) is 19.9 Å². The highest BCUT2D eigenvalue weighted by molar-refractivity contribution is 6.40. The van der Waals surface area contributed by atoms with Crippen molar-refractivity contribution in [1.82, 2.24) is 4.48 Å². The molecule has 0 saturated carbocycles. The molecule has 3 aromatic carbocycles. The number of nitrogens with zero attached hydrogens (tertiary/aromatic N) is 1. The van der Waals surface area contributed by atoms with Gasteiger partial charge >= 0.3 is 5.97 Å². The number of ether oxygens (including phenoxy) is 2. The molecule has 4 rings (SSSR count). The second-order valence-corrected chi connectivity index (χ2v) is 8.48. The number of halogens is 1. The fourth-order valence-electron chi connectivity index (χ4n) is 4.56. The third-order valence-corrected chi connectivity index (χ3v) is 6.16. The monoisotopic (exact) mass is 472 g/mol. The molecule has 35 heavy (non-hydrogen) atoms. The highest BCUT2D eigenvalue weighted by atomic mass is 19.1. The molecule has 0 fully saturated rings. The van der Waals surface area contributed by atoms with Crippen molar-refractivity contribution < 1.29 is 23.5 Å². The number of para-hydroxylation sites is 1. The molecule has 0 spiro atoms. The van der Waals surface area contributed by atoms with E-state index in [4.69, 9.17) is 4.74 Å². The number of carbonyl (C=O) groups excluding carboxylic acids is 2. The largest absolute Gasteiger partial charge is 0.490 e.